The van der Waals surface area contributed by atoms with Gasteiger partial charge in [-0.05, 0) is 50.4 Å². The van der Waals surface area contributed by atoms with E-state index in [4.69, 9.17) is 4.74 Å². The monoisotopic (exact) mass is 233 g/mol. The fraction of sp³-hybridized carbons (Fsp3) is 0.600. The van der Waals surface area contributed by atoms with Crippen molar-refractivity contribution in [1.82, 2.24) is 4.90 Å². The highest BCUT2D eigenvalue weighted by Crippen LogP contribution is 2.25. The Hall–Kier alpha value is -1.02. The van der Waals surface area contributed by atoms with Crippen molar-refractivity contribution in [2.75, 3.05) is 20.2 Å². The number of benzene rings is 1. The standard InChI is InChI=1S/C15H23NO/c1-3-10-16-11-6-8-14(16)12-13-7-4-5-9-15(13)17-2/h4-5,7,9,14H,3,6,8,10-12H2,1-2H3/t14-/m0/s1. The first kappa shape index (κ1) is 12.4. The molecule has 0 unspecified atom stereocenters. The van der Waals surface area contributed by atoms with Crippen LogP contribution in [0.1, 0.15) is 31.7 Å². The molecule has 1 atom stereocenters. The number of para-hydroxylation sites is 1. The van der Waals surface area contributed by atoms with E-state index in [0.717, 1.165) is 12.2 Å². The molecule has 0 amide bonds. The number of hydrogen-bond acceptors (Lipinski definition) is 2. The lowest BCUT2D eigenvalue weighted by Crippen LogP contribution is -2.31. The predicted molar refractivity (Wildman–Crippen MR) is 71.6 cm³/mol. The third-order valence-electron chi connectivity index (χ3n) is 3.66. The number of likely N-dealkylation sites (tertiary alicyclic amines) is 1. The van der Waals surface area contributed by atoms with E-state index in [2.05, 4.69) is 30.0 Å². The molecule has 1 aliphatic rings. The van der Waals surface area contributed by atoms with Crippen LogP contribution in [0.5, 0.6) is 5.75 Å². The first-order chi connectivity index (χ1) is 8.35. The van der Waals surface area contributed by atoms with Gasteiger partial charge in [0.1, 0.15) is 5.75 Å². The fourth-order valence-electron chi connectivity index (χ4n) is 2.83. The number of methoxy groups -OCH3 is 1. The van der Waals surface area contributed by atoms with Crippen LogP contribution in [0.4, 0.5) is 0 Å². The van der Waals surface area contributed by atoms with E-state index in [9.17, 15) is 0 Å². The molecule has 1 fully saturated rings. The van der Waals surface area contributed by atoms with E-state index in [1.54, 1.807) is 7.11 Å². The summed E-state index contributed by atoms with van der Waals surface area (Å²) in [5, 5.41) is 0. The maximum absolute atomic E-state index is 5.43. The highest BCUT2D eigenvalue weighted by molar-refractivity contribution is 5.33. The van der Waals surface area contributed by atoms with Crippen molar-refractivity contribution < 1.29 is 4.74 Å². The van der Waals surface area contributed by atoms with E-state index in [1.165, 1.54) is 37.9 Å². The zero-order valence-corrected chi connectivity index (χ0v) is 11.0. The molecule has 1 heterocycles. The Morgan fingerprint density at radius 2 is 2.18 bits per heavy atom. The smallest absolute Gasteiger partial charge is 0.122 e. The maximum Gasteiger partial charge on any atom is 0.122 e. The van der Waals surface area contributed by atoms with Crippen molar-refractivity contribution in [3.8, 4) is 5.75 Å². The van der Waals surface area contributed by atoms with Gasteiger partial charge in [0.25, 0.3) is 0 Å². The number of nitrogens with zero attached hydrogens (tertiary/aromatic N) is 1. The minimum atomic E-state index is 0.714. The highest BCUT2D eigenvalue weighted by atomic mass is 16.5. The Morgan fingerprint density at radius 1 is 1.35 bits per heavy atom. The lowest BCUT2D eigenvalue weighted by Gasteiger charge is -2.24. The fourth-order valence-corrected chi connectivity index (χ4v) is 2.83. The molecule has 1 aliphatic heterocycles. The van der Waals surface area contributed by atoms with Gasteiger partial charge in [0, 0.05) is 6.04 Å². The topological polar surface area (TPSA) is 12.5 Å². The lowest BCUT2D eigenvalue weighted by atomic mass is 10.0. The van der Waals surface area contributed by atoms with Gasteiger partial charge in [-0.15, -0.1) is 0 Å². The Balaban J connectivity index is 2.04. The Morgan fingerprint density at radius 3 is 2.94 bits per heavy atom. The maximum atomic E-state index is 5.43. The van der Waals surface area contributed by atoms with E-state index in [1.807, 2.05) is 6.07 Å². The molecular formula is C15H23NO. The van der Waals surface area contributed by atoms with E-state index in [-0.39, 0.29) is 0 Å². The van der Waals surface area contributed by atoms with Gasteiger partial charge < -0.3 is 9.64 Å². The van der Waals surface area contributed by atoms with E-state index >= 15 is 0 Å². The molecule has 2 heteroatoms. The van der Waals surface area contributed by atoms with Crippen molar-refractivity contribution in [3.63, 3.8) is 0 Å². The van der Waals surface area contributed by atoms with Crippen LogP contribution in [0.2, 0.25) is 0 Å². The third kappa shape index (κ3) is 3.01. The first-order valence-electron chi connectivity index (χ1n) is 6.71. The van der Waals surface area contributed by atoms with Crippen molar-refractivity contribution in [1.29, 1.82) is 0 Å². The van der Waals surface area contributed by atoms with Crippen LogP contribution in [0, 0.1) is 0 Å². The SMILES string of the molecule is CCCN1CCC[C@H]1Cc1ccccc1OC. The van der Waals surface area contributed by atoms with E-state index in [0.29, 0.717) is 6.04 Å². The molecule has 1 aromatic carbocycles. The largest absolute Gasteiger partial charge is 0.496 e. The second-order valence-electron chi connectivity index (χ2n) is 4.85. The summed E-state index contributed by atoms with van der Waals surface area (Å²) in [7, 11) is 1.76. The second-order valence-corrected chi connectivity index (χ2v) is 4.85. The molecule has 2 rings (SSSR count). The van der Waals surface area contributed by atoms with Crippen molar-refractivity contribution in [2.45, 2.75) is 38.6 Å². The molecular weight excluding hydrogens is 210 g/mol. The molecule has 94 valence electrons. The quantitative estimate of drug-likeness (QED) is 0.775. The van der Waals surface area contributed by atoms with Gasteiger partial charge >= 0.3 is 0 Å². The summed E-state index contributed by atoms with van der Waals surface area (Å²) in [6, 6.07) is 9.12. The summed E-state index contributed by atoms with van der Waals surface area (Å²) in [4.78, 5) is 2.63. The van der Waals surface area contributed by atoms with Crippen molar-refractivity contribution in [2.24, 2.45) is 0 Å². The van der Waals surface area contributed by atoms with Crippen LogP contribution in [-0.2, 0) is 6.42 Å². The van der Waals surface area contributed by atoms with Gasteiger partial charge in [0.2, 0.25) is 0 Å². The Labute approximate surface area is 105 Å². The molecule has 0 N–H and O–H groups in total. The summed E-state index contributed by atoms with van der Waals surface area (Å²) in [5.41, 5.74) is 1.35. The van der Waals surface area contributed by atoms with Crippen LogP contribution in [0.15, 0.2) is 24.3 Å². The van der Waals surface area contributed by atoms with Gasteiger partial charge in [-0.25, -0.2) is 0 Å². The average Bonchev–Trinajstić information content (AvgIpc) is 2.78. The molecule has 17 heavy (non-hydrogen) atoms. The molecule has 0 radical (unpaired) electrons. The predicted octanol–water partition coefficient (Wildman–Crippen LogP) is 3.11. The van der Waals surface area contributed by atoms with Crippen molar-refractivity contribution >= 4 is 0 Å². The van der Waals surface area contributed by atoms with Gasteiger partial charge in [-0.2, -0.15) is 0 Å². The summed E-state index contributed by atoms with van der Waals surface area (Å²) in [6.07, 6.45) is 5.06. The lowest BCUT2D eigenvalue weighted by molar-refractivity contribution is 0.251. The van der Waals surface area contributed by atoms with Gasteiger partial charge in [-0.1, -0.05) is 25.1 Å². The molecule has 0 aliphatic carbocycles. The summed E-state index contributed by atoms with van der Waals surface area (Å²) in [5.74, 6) is 1.04. The highest BCUT2D eigenvalue weighted by Gasteiger charge is 2.24. The molecule has 2 nitrogen and oxygen atoms in total. The zero-order chi connectivity index (χ0) is 12.1. The van der Waals surface area contributed by atoms with Crippen LogP contribution in [-0.4, -0.2) is 31.1 Å². The van der Waals surface area contributed by atoms with Gasteiger partial charge in [0.05, 0.1) is 7.11 Å². The van der Waals surface area contributed by atoms with Gasteiger partial charge in [-0.3, -0.25) is 0 Å². The molecule has 1 aromatic rings. The van der Waals surface area contributed by atoms with Crippen LogP contribution < -0.4 is 4.74 Å². The molecule has 0 saturated carbocycles. The minimum absolute atomic E-state index is 0.714. The van der Waals surface area contributed by atoms with Crippen LogP contribution in [0.3, 0.4) is 0 Å². The third-order valence-corrected chi connectivity index (χ3v) is 3.66. The number of rotatable bonds is 5. The zero-order valence-electron chi connectivity index (χ0n) is 11.0. The summed E-state index contributed by atoms with van der Waals surface area (Å²) in [6.45, 7) is 4.77. The number of ether oxygens (including phenoxy) is 1. The van der Waals surface area contributed by atoms with Crippen molar-refractivity contribution in [3.05, 3.63) is 29.8 Å². The Kier molecular flexibility index (Phi) is 4.43. The van der Waals surface area contributed by atoms with Crippen LogP contribution >= 0.6 is 0 Å². The normalized spacial score (nSPS) is 20.7. The molecule has 0 aromatic heterocycles. The number of hydrogen-bond donors (Lipinski definition) is 0. The Bertz CT molecular complexity index is 351. The minimum Gasteiger partial charge on any atom is -0.496 e. The molecule has 0 spiro atoms. The first-order valence-corrected chi connectivity index (χ1v) is 6.71. The van der Waals surface area contributed by atoms with E-state index < -0.39 is 0 Å². The van der Waals surface area contributed by atoms with Crippen LogP contribution in [0.25, 0.3) is 0 Å². The molecule has 1 saturated heterocycles. The summed E-state index contributed by atoms with van der Waals surface area (Å²) >= 11 is 0. The van der Waals surface area contributed by atoms with Gasteiger partial charge in [0.15, 0.2) is 0 Å². The second kappa shape index (κ2) is 6.06. The average molecular weight is 233 g/mol. The molecule has 0 bridgehead atoms. The summed E-state index contributed by atoms with van der Waals surface area (Å²) < 4.78 is 5.43.